The van der Waals surface area contributed by atoms with Gasteiger partial charge in [-0.15, -0.1) is 0 Å². The maximum absolute atomic E-state index is 12.8. The van der Waals surface area contributed by atoms with Gasteiger partial charge in [-0.2, -0.15) is 4.31 Å². The van der Waals surface area contributed by atoms with Crippen LogP contribution in [0.3, 0.4) is 0 Å². The number of benzene rings is 3. The first kappa shape index (κ1) is 20.0. The van der Waals surface area contributed by atoms with Crippen molar-refractivity contribution in [2.75, 3.05) is 44.4 Å². The first-order chi connectivity index (χ1) is 15.1. The number of carbonyl (C=O) groups is 1. The van der Waals surface area contributed by atoms with Crippen molar-refractivity contribution >= 4 is 32.4 Å². The fraction of sp³-hybridized carbons (Fsp3) is 0.261. The van der Waals surface area contributed by atoms with Crippen LogP contribution in [-0.2, 0) is 14.8 Å². The zero-order chi connectivity index (χ0) is 21.4. The summed E-state index contributed by atoms with van der Waals surface area (Å²) in [4.78, 5) is 14.8. The van der Waals surface area contributed by atoms with Crippen molar-refractivity contribution in [1.29, 1.82) is 0 Å². The first-order valence-electron chi connectivity index (χ1n) is 10.2. The average molecular weight is 439 g/mol. The molecule has 1 fully saturated rings. The predicted octanol–water partition coefficient (Wildman–Crippen LogP) is 2.90. The molecule has 2 aliphatic heterocycles. The van der Waals surface area contributed by atoms with E-state index < -0.39 is 10.0 Å². The Balaban J connectivity index is 1.25. The summed E-state index contributed by atoms with van der Waals surface area (Å²) in [5, 5.41) is 2.02. The molecule has 0 atom stereocenters. The third-order valence-electron chi connectivity index (χ3n) is 5.66. The Morgan fingerprint density at radius 2 is 1.65 bits per heavy atom. The van der Waals surface area contributed by atoms with Crippen LogP contribution < -0.4 is 9.64 Å². The third kappa shape index (κ3) is 3.56. The van der Waals surface area contributed by atoms with E-state index in [1.165, 1.54) is 4.31 Å². The fourth-order valence-electron chi connectivity index (χ4n) is 4.10. The van der Waals surface area contributed by atoms with Crippen molar-refractivity contribution in [3.05, 3.63) is 66.2 Å². The van der Waals surface area contributed by atoms with Crippen LogP contribution in [-0.4, -0.2) is 58.1 Å². The summed E-state index contributed by atoms with van der Waals surface area (Å²) in [6.07, 6.45) is 0. The van der Waals surface area contributed by atoms with Crippen LogP contribution >= 0.6 is 0 Å². The maximum Gasteiger partial charge on any atom is 0.259 e. The number of sulfonamides is 1. The molecule has 5 rings (SSSR count). The quantitative estimate of drug-likeness (QED) is 0.592. The molecular formula is C23H22N2O5S. The molecule has 3 aromatic carbocycles. The number of morpholine rings is 1. The molecule has 160 valence electrons. The molecule has 1 saturated heterocycles. The smallest absolute Gasteiger partial charge is 0.259 e. The van der Waals surface area contributed by atoms with Crippen molar-refractivity contribution in [2.45, 2.75) is 4.90 Å². The monoisotopic (exact) mass is 438 g/mol. The van der Waals surface area contributed by atoms with Crippen molar-refractivity contribution in [1.82, 2.24) is 4.31 Å². The van der Waals surface area contributed by atoms with Gasteiger partial charge in [0.15, 0.2) is 0 Å². The minimum atomic E-state index is -3.53. The highest BCUT2D eigenvalue weighted by atomic mass is 32.2. The maximum atomic E-state index is 12.8. The highest BCUT2D eigenvalue weighted by Crippen LogP contribution is 2.36. The van der Waals surface area contributed by atoms with Gasteiger partial charge in [0.05, 0.1) is 30.3 Å². The van der Waals surface area contributed by atoms with Crippen LogP contribution in [0.1, 0.15) is 10.4 Å². The molecule has 0 saturated carbocycles. The van der Waals surface area contributed by atoms with E-state index in [2.05, 4.69) is 0 Å². The number of amides is 1. The number of carbonyl (C=O) groups excluding carboxylic acids is 1. The van der Waals surface area contributed by atoms with Crippen LogP contribution in [0, 0.1) is 0 Å². The summed E-state index contributed by atoms with van der Waals surface area (Å²) >= 11 is 0. The van der Waals surface area contributed by atoms with Gasteiger partial charge in [-0.05, 0) is 41.8 Å². The average Bonchev–Trinajstić information content (AvgIpc) is 3.08. The molecule has 0 radical (unpaired) electrons. The summed E-state index contributed by atoms with van der Waals surface area (Å²) in [6, 6.07) is 18.0. The van der Waals surface area contributed by atoms with E-state index in [9.17, 15) is 13.2 Å². The van der Waals surface area contributed by atoms with Crippen LogP contribution in [0.5, 0.6) is 5.75 Å². The lowest BCUT2D eigenvalue weighted by Crippen LogP contribution is -2.40. The molecule has 2 aliphatic rings. The lowest BCUT2D eigenvalue weighted by atomic mass is 10.1. The number of hydrogen-bond donors (Lipinski definition) is 0. The Bertz CT molecular complexity index is 1230. The SMILES string of the molecule is O=C1c2cccc3cccc(c23)N1CCOc1ccc(S(=O)(=O)N2CCOCC2)cc1. The lowest BCUT2D eigenvalue weighted by Gasteiger charge is -2.26. The van der Waals surface area contributed by atoms with Gasteiger partial charge in [0, 0.05) is 24.0 Å². The first-order valence-corrected chi connectivity index (χ1v) is 11.6. The molecule has 0 bridgehead atoms. The molecule has 8 heteroatoms. The van der Waals surface area contributed by atoms with Gasteiger partial charge < -0.3 is 14.4 Å². The van der Waals surface area contributed by atoms with Crippen LogP contribution in [0.4, 0.5) is 5.69 Å². The van der Waals surface area contributed by atoms with Gasteiger partial charge in [0.25, 0.3) is 5.91 Å². The second-order valence-corrected chi connectivity index (χ2v) is 9.41. The molecule has 0 aliphatic carbocycles. The van der Waals surface area contributed by atoms with Gasteiger partial charge in [0.2, 0.25) is 10.0 Å². The van der Waals surface area contributed by atoms with Crippen molar-refractivity contribution in [2.24, 2.45) is 0 Å². The van der Waals surface area contributed by atoms with Gasteiger partial charge in [-0.25, -0.2) is 8.42 Å². The molecular weight excluding hydrogens is 416 g/mol. The largest absolute Gasteiger partial charge is 0.492 e. The van der Waals surface area contributed by atoms with Gasteiger partial charge in [-0.3, -0.25) is 4.79 Å². The minimum Gasteiger partial charge on any atom is -0.492 e. The molecule has 7 nitrogen and oxygen atoms in total. The fourth-order valence-corrected chi connectivity index (χ4v) is 5.51. The highest BCUT2D eigenvalue weighted by molar-refractivity contribution is 7.89. The Hall–Kier alpha value is -2.94. The Labute approximate surface area is 180 Å². The van der Waals surface area contributed by atoms with E-state index in [-0.39, 0.29) is 10.8 Å². The van der Waals surface area contributed by atoms with E-state index in [0.29, 0.717) is 50.8 Å². The van der Waals surface area contributed by atoms with E-state index in [1.807, 2.05) is 36.4 Å². The molecule has 0 N–H and O–H groups in total. The number of hydrogen-bond acceptors (Lipinski definition) is 5. The van der Waals surface area contributed by atoms with E-state index in [4.69, 9.17) is 9.47 Å². The van der Waals surface area contributed by atoms with E-state index in [0.717, 1.165) is 16.5 Å². The van der Waals surface area contributed by atoms with E-state index in [1.54, 1.807) is 29.2 Å². The van der Waals surface area contributed by atoms with Crippen molar-refractivity contribution in [3.63, 3.8) is 0 Å². The van der Waals surface area contributed by atoms with Crippen molar-refractivity contribution < 1.29 is 22.7 Å². The third-order valence-corrected chi connectivity index (χ3v) is 7.58. The van der Waals surface area contributed by atoms with Crippen molar-refractivity contribution in [3.8, 4) is 5.75 Å². The minimum absolute atomic E-state index is 0.0256. The second kappa shape index (κ2) is 7.96. The summed E-state index contributed by atoms with van der Waals surface area (Å²) in [5.41, 5.74) is 1.61. The van der Waals surface area contributed by atoms with Crippen LogP contribution in [0.2, 0.25) is 0 Å². The van der Waals surface area contributed by atoms with E-state index >= 15 is 0 Å². The predicted molar refractivity (Wildman–Crippen MR) is 117 cm³/mol. The summed E-state index contributed by atoms with van der Waals surface area (Å²) in [7, 11) is -3.53. The zero-order valence-electron chi connectivity index (χ0n) is 16.9. The molecule has 0 aromatic heterocycles. The summed E-state index contributed by atoms with van der Waals surface area (Å²) < 4.78 is 37.9. The number of nitrogens with zero attached hydrogens (tertiary/aromatic N) is 2. The summed E-state index contributed by atoms with van der Waals surface area (Å²) in [6.45, 7) is 2.24. The highest BCUT2D eigenvalue weighted by Gasteiger charge is 2.29. The van der Waals surface area contributed by atoms with Crippen LogP contribution in [0.25, 0.3) is 10.8 Å². The van der Waals surface area contributed by atoms with Gasteiger partial charge in [-0.1, -0.05) is 24.3 Å². The normalized spacial score (nSPS) is 16.8. The summed E-state index contributed by atoms with van der Waals surface area (Å²) in [5.74, 6) is 0.533. The molecule has 2 heterocycles. The van der Waals surface area contributed by atoms with Gasteiger partial charge >= 0.3 is 0 Å². The zero-order valence-corrected chi connectivity index (χ0v) is 17.7. The number of rotatable bonds is 6. The Kier molecular flexibility index (Phi) is 5.13. The molecule has 3 aromatic rings. The van der Waals surface area contributed by atoms with Crippen LogP contribution in [0.15, 0.2) is 65.6 Å². The molecule has 0 unspecified atom stereocenters. The molecule has 31 heavy (non-hydrogen) atoms. The standard InChI is InChI=1S/C23H22N2O5S/c26-23-20-5-1-3-17-4-2-6-21(22(17)20)25(23)13-16-30-18-7-9-19(10-8-18)31(27,28)24-11-14-29-15-12-24/h1-10H,11-16H2. The Morgan fingerprint density at radius 3 is 2.39 bits per heavy atom. The number of anilines is 1. The van der Waals surface area contributed by atoms with Gasteiger partial charge in [0.1, 0.15) is 12.4 Å². The Morgan fingerprint density at radius 1 is 0.935 bits per heavy atom. The lowest BCUT2D eigenvalue weighted by molar-refractivity contribution is 0.0730. The number of ether oxygens (including phenoxy) is 2. The molecule has 1 amide bonds. The molecule has 0 spiro atoms. The topological polar surface area (TPSA) is 76.2 Å². The second-order valence-electron chi connectivity index (χ2n) is 7.47.